The zero-order valence-corrected chi connectivity index (χ0v) is 19.1. The Bertz CT molecular complexity index is 1310. The van der Waals surface area contributed by atoms with Crippen LogP contribution < -0.4 is 5.56 Å². The number of benzene rings is 1. The van der Waals surface area contributed by atoms with E-state index in [0.29, 0.717) is 28.7 Å². The van der Waals surface area contributed by atoms with E-state index in [4.69, 9.17) is 16.3 Å². The van der Waals surface area contributed by atoms with Gasteiger partial charge in [0.2, 0.25) is 0 Å². The molecule has 0 aliphatic carbocycles. The van der Waals surface area contributed by atoms with Crippen LogP contribution in [0.25, 0.3) is 17.0 Å². The minimum absolute atomic E-state index is 0.0774. The van der Waals surface area contributed by atoms with E-state index in [0.717, 1.165) is 41.7 Å². The zero-order valence-electron chi connectivity index (χ0n) is 17.6. The molecule has 164 valence electrons. The summed E-state index contributed by atoms with van der Waals surface area (Å²) in [6.07, 6.45) is 2.23. The second-order valence-corrected chi connectivity index (χ2v) is 9.17. The molecule has 0 spiro atoms. The van der Waals surface area contributed by atoms with E-state index in [9.17, 15) is 4.79 Å². The Morgan fingerprint density at radius 3 is 2.81 bits per heavy atom. The number of nitrogens with zero attached hydrogens (tertiary/aromatic N) is 5. The topological polar surface area (TPSA) is 74.3 Å². The Kier molecular flexibility index (Phi) is 5.99. The van der Waals surface area contributed by atoms with E-state index in [1.165, 1.54) is 11.8 Å². The van der Waals surface area contributed by atoms with E-state index >= 15 is 0 Å². The first-order valence-corrected chi connectivity index (χ1v) is 11.9. The summed E-state index contributed by atoms with van der Waals surface area (Å²) in [6.45, 7) is 3.37. The lowest BCUT2D eigenvalue weighted by Crippen LogP contribution is -2.18. The van der Waals surface area contributed by atoms with Crippen molar-refractivity contribution in [2.45, 2.75) is 43.3 Å². The molecule has 1 aliphatic heterocycles. The van der Waals surface area contributed by atoms with Crippen LogP contribution in [0.2, 0.25) is 5.02 Å². The van der Waals surface area contributed by atoms with E-state index in [2.05, 4.69) is 19.7 Å². The first kappa shape index (κ1) is 21.2. The Morgan fingerprint density at radius 2 is 2.03 bits per heavy atom. The lowest BCUT2D eigenvalue weighted by atomic mass is 10.2. The predicted octanol–water partition coefficient (Wildman–Crippen LogP) is 4.39. The second kappa shape index (κ2) is 9.05. The van der Waals surface area contributed by atoms with E-state index < -0.39 is 0 Å². The van der Waals surface area contributed by atoms with Crippen molar-refractivity contribution in [3.05, 3.63) is 75.3 Å². The summed E-state index contributed by atoms with van der Waals surface area (Å²) in [5.74, 6) is 1.30. The second-order valence-electron chi connectivity index (χ2n) is 7.79. The van der Waals surface area contributed by atoms with Gasteiger partial charge in [-0.25, -0.2) is 4.98 Å². The van der Waals surface area contributed by atoms with Crippen LogP contribution in [-0.2, 0) is 17.0 Å². The number of fused-ring (bicyclic) bond motifs is 1. The Labute approximate surface area is 194 Å². The minimum Gasteiger partial charge on any atom is -0.376 e. The molecule has 1 aromatic carbocycles. The van der Waals surface area contributed by atoms with E-state index in [-0.39, 0.29) is 11.7 Å². The lowest BCUT2D eigenvalue weighted by Gasteiger charge is -2.15. The van der Waals surface area contributed by atoms with Crippen molar-refractivity contribution in [1.29, 1.82) is 0 Å². The highest BCUT2D eigenvalue weighted by atomic mass is 35.5. The molecule has 0 saturated carbocycles. The van der Waals surface area contributed by atoms with Gasteiger partial charge in [0.05, 0.1) is 18.3 Å². The normalized spacial score (nSPS) is 16.1. The van der Waals surface area contributed by atoms with Crippen LogP contribution in [0.1, 0.15) is 24.2 Å². The van der Waals surface area contributed by atoms with Crippen LogP contribution in [0, 0.1) is 6.92 Å². The Balaban J connectivity index is 1.44. The van der Waals surface area contributed by atoms with Gasteiger partial charge in [0.25, 0.3) is 5.56 Å². The number of hydrogen-bond acceptors (Lipinski definition) is 6. The molecule has 5 rings (SSSR count). The van der Waals surface area contributed by atoms with Gasteiger partial charge in [-0.2, -0.15) is 0 Å². The maximum absolute atomic E-state index is 12.6. The number of halogens is 1. The molecule has 1 unspecified atom stereocenters. The first-order valence-electron chi connectivity index (χ1n) is 10.5. The zero-order chi connectivity index (χ0) is 22.1. The molecule has 0 amide bonds. The molecule has 0 radical (unpaired) electrons. The third-order valence-electron chi connectivity index (χ3n) is 5.51. The van der Waals surface area contributed by atoms with Crippen LogP contribution in [0.5, 0.6) is 0 Å². The third kappa shape index (κ3) is 4.30. The summed E-state index contributed by atoms with van der Waals surface area (Å²) in [7, 11) is 0. The molecule has 0 bridgehead atoms. The maximum Gasteiger partial charge on any atom is 0.258 e. The maximum atomic E-state index is 12.6. The highest BCUT2D eigenvalue weighted by molar-refractivity contribution is 7.98. The van der Waals surface area contributed by atoms with Gasteiger partial charge in [-0.15, -0.1) is 10.2 Å². The van der Waals surface area contributed by atoms with Crippen molar-refractivity contribution in [3.8, 4) is 11.4 Å². The van der Waals surface area contributed by atoms with Gasteiger partial charge in [0, 0.05) is 34.7 Å². The minimum atomic E-state index is -0.0774. The average Bonchev–Trinajstić information content (AvgIpc) is 3.43. The van der Waals surface area contributed by atoms with Gasteiger partial charge < -0.3 is 4.74 Å². The number of thioether (sulfide) groups is 1. The number of pyridine rings is 1. The van der Waals surface area contributed by atoms with Gasteiger partial charge in [-0.1, -0.05) is 29.4 Å². The van der Waals surface area contributed by atoms with Crippen molar-refractivity contribution in [2.75, 3.05) is 6.61 Å². The van der Waals surface area contributed by atoms with Crippen molar-refractivity contribution in [1.82, 2.24) is 24.1 Å². The van der Waals surface area contributed by atoms with Gasteiger partial charge in [-0.3, -0.25) is 13.8 Å². The summed E-state index contributed by atoms with van der Waals surface area (Å²) in [4.78, 5) is 17.3. The highest BCUT2D eigenvalue weighted by Gasteiger charge is 2.22. The number of rotatable bonds is 6. The van der Waals surface area contributed by atoms with Crippen molar-refractivity contribution >= 4 is 29.0 Å². The molecular formula is C23H22ClN5O2S. The number of ether oxygens (including phenoxy) is 1. The lowest BCUT2D eigenvalue weighted by molar-refractivity contribution is 0.0953. The molecule has 1 atom stereocenters. The molecule has 4 heterocycles. The third-order valence-corrected chi connectivity index (χ3v) is 6.76. The number of aromatic nitrogens is 5. The van der Waals surface area contributed by atoms with Crippen LogP contribution in [0.15, 0.2) is 58.5 Å². The quantitative estimate of drug-likeness (QED) is 0.391. The van der Waals surface area contributed by atoms with Crippen LogP contribution in [-0.4, -0.2) is 36.9 Å². The van der Waals surface area contributed by atoms with Gasteiger partial charge in [0.1, 0.15) is 5.65 Å². The predicted molar refractivity (Wildman–Crippen MR) is 125 cm³/mol. The number of hydrogen-bond donors (Lipinski definition) is 0. The molecule has 3 aromatic heterocycles. The Hall–Kier alpha value is -2.68. The van der Waals surface area contributed by atoms with Crippen LogP contribution >= 0.6 is 23.4 Å². The average molecular weight is 468 g/mol. The monoisotopic (exact) mass is 467 g/mol. The van der Waals surface area contributed by atoms with Gasteiger partial charge in [-0.05, 0) is 56.2 Å². The smallest absolute Gasteiger partial charge is 0.258 e. The SMILES string of the molecule is Cc1cccc2nc(CSc3nnc(-c4ccc(Cl)cc4)n3CC3CCCO3)cc(=O)n12. The Morgan fingerprint density at radius 1 is 1.19 bits per heavy atom. The summed E-state index contributed by atoms with van der Waals surface area (Å²) in [5, 5.41) is 10.4. The van der Waals surface area contributed by atoms with Crippen molar-refractivity contribution in [2.24, 2.45) is 0 Å². The largest absolute Gasteiger partial charge is 0.376 e. The standard InChI is InChI=1S/C23H22ClN5O2S/c1-15-4-2-6-20-25-18(12-21(30)29(15)20)14-32-23-27-26-22(16-7-9-17(24)10-8-16)28(23)13-19-5-3-11-31-19/h2,4,6-10,12,19H,3,5,11,13-14H2,1H3. The molecule has 1 aliphatic rings. The molecule has 4 aromatic rings. The fourth-order valence-electron chi connectivity index (χ4n) is 3.94. The highest BCUT2D eigenvalue weighted by Crippen LogP contribution is 2.28. The molecule has 32 heavy (non-hydrogen) atoms. The van der Waals surface area contributed by atoms with E-state index in [1.807, 2.05) is 49.4 Å². The summed E-state index contributed by atoms with van der Waals surface area (Å²) in [6, 6.07) is 14.8. The van der Waals surface area contributed by atoms with Crippen molar-refractivity contribution in [3.63, 3.8) is 0 Å². The summed E-state index contributed by atoms with van der Waals surface area (Å²) >= 11 is 7.58. The molecule has 9 heteroatoms. The molecular weight excluding hydrogens is 446 g/mol. The number of aryl methyl sites for hydroxylation is 1. The molecule has 0 N–H and O–H groups in total. The fourth-order valence-corrected chi connectivity index (χ4v) is 4.91. The summed E-state index contributed by atoms with van der Waals surface area (Å²) in [5.41, 5.74) is 3.10. The van der Waals surface area contributed by atoms with Gasteiger partial charge >= 0.3 is 0 Å². The van der Waals surface area contributed by atoms with Crippen molar-refractivity contribution < 1.29 is 4.74 Å². The van der Waals surface area contributed by atoms with Crippen LogP contribution in [0.3, 0.4) is 0 Å². The molecule has 1 fully saturated rings. The van der Waals surface area contributed by atoms with Crippen LogP contribution in [0.4, 0.5) is 0 Å². The molecule has 1 saturated heterocycles. The van der Waals surface area contributed by atoms with E-state index in [1.54, 1.807) is 10.5 Å². The summed E-state index contributed by atoms with van der Waals surface area (Å²) < 4.78 is 9.58. The first-order chi connectivity index (χ1) is 15.6. The van der Waals surface area contributed by atoms with Gasteiger partial charge in [0.15, 0.2) is 11.0 Å². The molecule has 7 nitrogen and oxygen atoms in total. The fraction of sp³-hybridized carbons (Fsp3) is 0.304.